The number of urea groups is 1. The molecule has 1 aliphatic rings. The Balaban J connectivity index is 1.42. The Hall–Kier alpha value is -3.93. The van der Waals surface area contributed by atoms with E-state index in [0.29, 0.717) is 28.1 Å². The molecule has 45 heavy (non-hydrogen) atoms. The van der Waals surface area contributed by atoms with E-state index in [0.717, 1.165) is 7.14 Å². The molecule has 0 aromatic heterocycles. The minimum Gasteiger partial charge on any atom is -0.493 e. The van der Waals surface area contributed by atoms with Crippen LogP contribution < -0.4 is 30.3 Å². The molecule has 3 amide bonds. The summed E-state index contributed by atoms with van der Waals surface area (Å²) >= 11 is 4.29. The SMILES string of the molecule is CCOC(=O)C1=C(C)NC(=O)N[C@@H]1c1ccc(OCC(=O)N/N=C/c2cc(I)cc(I)c2OCc2ccccc2F)c(OC)c1. The first kappa shape index (κ1) is 34.0. The van der Waals surface area contributed by atoms with Gasteiger partial charge >= 0.3 is 12.0 Å². The van der Waals surface area contributed by atoms with Crippen LogP contribution in [0.5, 0.6) is 17.2 Å². The van der Waals surface area contributed by atoms with Crippen LogP contribution in [-0.2, 0) is 20.9 Å². The van der Waals surface area contributed by atoms with Crippen molar-refractivity contribution >= 4 is 69.3 Å². The third-order valence-corrected chi connectivity index (χ3v) is 7.83. The molecule has 3 N–H and O–H groups in total. The lowest BCUT2D eigenvalue weighted by atomic mass is 9.95. The van der Waals surface area contributed by atoms with E-state index in [9.17, 15) is 18.8 Å². The standard InChI is InChI=1S/C31H29FI2N4O7/c1-4-43-30(40)27-17(2)36-31(41)37-28(27)18-9-10-24(25(12-18)42-3)44-16-26(39)38-35-14-20-11-21(33)13-23(34)29(20)45-15-19-7-5-6-8-22(19)32/h5-14,28H,4,15-16H2,1-3H3,(H,38,39)(H2,36,37,41)/b35-14+/t28-/m1/s1. The van der Waals surface area contributed by atoms with Gasteiger partial charge in [-0.2, -0.15) is 5.10 Å². The van der Waals surface area contributed by atoms with E-state index in [-0.39, 0.29) is 42.7 Å². The van der Waals surface area contributed by atoms with Gasteiger partial charge < -0.3 is 29.6 Å². The smallest absolute Gasteiger partial charge is 0.338 e. The first-order valence-corrected chi connectivity index (χ1v) is 15.7. The van der Waals surface area contributed by atoms with Gasteiger partial charge in [0.1, 0.15) is 18.2 Å². The average molecular weight is 842 g/mol. The lowest BCUT2D eigenvalue weighted by Crippen LogP contribution is -2.45. The van der Waals surface area contributed by atoms with Crippen molar-refractivity contribution in [3.05, 3.63) is 95.5 Å². The second-order valence-corrected chi connectivity index (χ2v) is 11.9. The molecule has 0 saturated heterocycles. The average Bonchev–Trinajstić information content (AvgIpc) is 3.00. The van der Waals surface area contributed by atoms with Crippen molar-refractivity contribution in [2.45, 2.75) is 26.5 Å². The molecule has 1 atom stereocenters. The van der Waals surface area contributed by atoms with Crippen LogP contribution >= 0.6 is 45.2 Å². The van der Waals surface area contributed by atoms with Crippen molar-refractivity contribution in [1.29, 1.82) is 0 Å². The fourth-order valence-corrected chi connectivity index (χ4v) is 6.39. The summed E-state index contributed by atoms with van der Waals surface area (Å²) in [5.74, 6) is -0.428. The van der Waals surface area contributed by atoms with Crippen LogP contribution in [0.25, 0.3) is 0 Å². The zero-order chi connectivity index (χ0) is 32.5. The molecule has 14 heteroatoms. The number of allylic oxidation sites excluding steroid dienone is 1. The lowest BCUT2D eigenvalue weighted by Gasteiger charge is -2.28. The molecule has 0 bridgehead atoms. The summed E-state index contributed by atoms with van der Waals surface area (Å²) in [6.07, 6.45) is 1.44. The van der Waals surface area contributed by atoms with Crippen LogP contribution in [0.4, 0.5) is 9.18 Å². The van der Waals surface area contributed by atoms with Crippen LogP contribution in [0.1, 0.15) is 36.6 Å². The molecule has 0 radical (unpaired) electrons. The highest BCUT2D eigenvalue weighted by atomic mass is 127. The molecule has 0 spiro atoms. The van der Waals surface area contributed by atoms with E-state index < -0.39 is 23.9 Å². The van der Waals surface area contributed by atoms with Crippen LogP contribution in [0.15, 0.2) is 71.0 Å². The minimum absolute atomic E-state index is 0.0228. The zero-order valence-electron chi connectivity index (χ0n) is 24.4. The number of benzene rings is 3. The van der Waals surface area contributed by atoms with Gasteiger partial charge in [0.05, 0.1) is 35.1 Å². The van der Waals surface area contributed by atoms with Crippen molar-refractivity contribution in [3.8, 4) is 17.2 Å². The third kappa shape index (κ3) is 8.84. The number of carbonyl (C=O) groups excluding carboxylic acids is 3. The van der Waals surface area contributed by atoms with Crippen molar-refractivity contribution in [3.63, 3.8) is 0 Å². The normalized spacial score (nSPS) is 14.4. The molecule has 0 saturated carbocycles. The number of hydrogen-bond donors (Lipinski definition) is 3. The van der Waals surface area contributed by atoms with Crippen molar-refractivity contribution in [2.24, 2.45) is 5.10 Å². The third-order valence-electron chi connectivity index (χ3n) is 6.40. The molecular weight excluding hydrogens is 813 g/mol. The van der Waals surface area contributed by atoms with Crippen molar-refractivity contribution < 1.29 is 37.7 Å². The molecule has 3 aromatic carbocycles. The summed E-state index contributed by atoms with van der Waals surface area (Å²) in [6.45, 7) is 3.12. The second kappa shape index (κ2) is 15.9. The van der Waals surface area contributed by atoms with E-state index in [1.807, 2.05) is 12.1 Å². The molecule has 11 nitrogen and oxygen atoms in total. The Morgan fingerprint density at radius 1 is 1.09 bits per heavy atom. The molecule has 1 aliphatic heterocycles. The van der Waals surface area contributed by atoms with Crippen molar-refractivity contribution in [1.82, 2.24) is 16.1 Å². The molecule has 0 fully saturated rings. The van der Waals surface area contributed by atoms with Crippen LogP contribution in [0.3, 0.4) is 0 Å². The van der Waals surface area contributed by atoms with Gasteiger partial charge in [-0.1, -0.05) is 24.3 Å². The Kier molecular flexibility index (Phi) is 12.0. The predicted molar refractivity (Wildman–Crippen MR) is 181 cm³/mol. The van der Waals surface area contributed by atoms with Crippen LogP contribution in [-0.4, -0.2) is 44.4 Å². The fourth-order valence-electron chi connectivity index (χ4n) is 4.35. The first-order valence-electron chi connectivity index (χ1n) is 13.5. The minimum atomic E-state index is -0.789. The fraction of sp³-hybridized carbons (Fsp3) is 0.226. The van der Waals surface area contributed by atoms with E-state index in [4.69, 9.17) is 18.9 Å². The monoisotopic (exact) mass is 842 g/mol. The van der Waals surface area contributed by atoms with Crippen LogP contribution in [0, 0.1) is 13.0 Å². The maximum absolute atomic E-state index is 14.1. The maximum atomic E-state index is 14.1. The Bertz CT molecular complexity index is 1660. The molecule has 0 unspecified atom stereocenters. The van der Waals surface area contributed by atoms with Crippen molar-refractivity contribution in [2.75, 3.05) is 20.3 Å². The van der Waals surface area contributed by atoms with Gasteiger partial charge in [-0.25, -0.2) is 19.4 Å². The number of halogens is 3. The highest BCUT2D eigenvalue weighted by Crippen LogP contribution is 2.35. The van der Waals surface area contributed by atoms with E-state index in [1.54, 1.807) is 50.2 Å². The van der Waals surface area contributed by atoms with E-state index >= 15 is 0 Å². The molecule has 236 valence electrons. The number of nitrogens with zero attached hydrogens (tertiary/aromatic N) is 1. The number of ether oxygens (including phenoxy) is 4. The lowest BCUT2D eigenvalue weighted by molar-refractivity contribution is -0.139. The summed E-state index contributed by atoms with van der Waals surface area (Å²) in [5, 5.41) is 9.36. The summed E-state index contributed by atoms with van der Waals surface area (Å²) in [7, 11) is 1.43. The Morgan fingerprint density at radius 2 is 1.87 bits per heavy atom. The number of rotatable bonds is 12. The predicted octanol–water partition coefficient (Wildman–Crippen LogP) is 5.34. The number of methoxy groups -OCH3 is 1. The van der Waals surface area contributed by atoms with Gasteiger partial charge in [0.15, 0.2) is 18.1 Å². The number of carbonyl (C=O) groups is 3. The maximum Gasteiger partial charge on any atom is 0.338 e. The molecule has 4 rings (SSSR count). The Labute approximate surface area is 286 Å². The van der Waals surface area contributed by atoms with Gasteiger partial charge in [-0.3, -0.25) is 4.79 Å². The molecular formula is C31H29FI2N4O7. The van der Waals surface area contributed by atoms with Crippen LogP contribution in [0.2, 0.25) is 0 Å². The quantitative estimate of drug-likeness (QED) is 0.0970. The van der Waals surface area contributed by atoms with E-state index in [2.05, 4.69) is 66.3 Å². The largest absolute Gasteiger partial charge is 0.493 e. The number of amides is 3. The highest BCUT2D eigenvalue weighted by Gasteiger charge is 2.32. The highest BCUT2D eigenvalue weighted by molar-refractivity contribution is 14.1. The molecule has 0 aliphatic carbocycles. The van der Waals surface area contributed by atoms with Gasteiger partial charge in [0, 0.05) is 20.4 Å². The second-order valence-electron chi connectivity index (χ2n) is 9.47. The summed E-state index contributed by atoms with van der Waals surface area (Å²) in [6, 6.07) is 13.7. The van der Waals surface area contributed by atoms with Gasteiger partial charge in [0.25, 0.3) is 5.91 Å². The Morgan fingerprint density at radius 3 is 2.60 bits per heavy atom. The summed E-state index contributed by atoms with van der Waals surface area (Å²) in [4.78, 5) is 37.4. The zero-order valence-corrected chi connectivity index (χ0v) is 28.7. The number of hydrazone groups is 1. The molecule has 3 aromatic rings. The number of nitrogens with one attached hydrogen (secondary N) is 3. The summed E-state index contributed by atoms with van der Waals surface area (Å²) < 4.78 is 38.0. The first-order chi connectivity index (χ1) is 21.6. The topological polar surface area (TPSA) is 137 Å². The van der Waals surface area contributed by atoms with Gasteiger partial charge in [-0.15, -0.1) is 0 Å². The number of hydrogen-bond acceptors (Lipinski definition) is 8. The summed E-state index contributed by atoms with van der Waals surface area (Å²) in [5.41, 5.74) is 4.61. The number of esters is 1. The molecule has 1 heterocycles. The van der Waals surface area contributed by atoms with E-state index in [1.165, 1.54) is 19.4 Å². The van der Waals surface area contributed by atoms with Gasteiger partial charge in [-0.05, 0) is 94.9 Å². The van der Waals surface area contributed by atoms with Gasteiger partial charge in [0.2, 0.25) is 0 Å².